The van der Waals surface area contributed by atoms with Gasteiger partial charge >= 0.3 is 0 Å². The van der Waals surface area contributed by atoms with Gasteiger partial charge in [-0.15, -0.1) is 0 Å². The van der Waals surface area contributed by atoms with Crippen LogP contribution in [-0.2, 0) is 4.74 Å². The monoisotopic (exact) mass is 261 g/mol. The fourth-order valence-corrected chi connectivity index (χ4v) is 3.58. The minimum Gasteiger partial charge on any atom is -0.384 e. The van der Waals surface area contributed by atoms with Gasteiger partial charge in [0, 0.05) is 25.0 Å². The van der Waals surface area contributed by atoms with Gasteiger partial charge < -0.3 is 10.1 Å². The van der Waals surface area contributed by atoms with Crippen LogP contribution in [0.4, 0.5) is 0 Å². The van der Waals surface area contributed by atoms with E-state index in [0.717, 1.165) is 19.7 Å². The van der Waals surface area contributed by atoms with Gasteiger partial charge in [0.1, 0.15) is 0 Å². The molecule has 0 spiro atoms. The number of aryl methyl sites for hydroxylation is 1. The number of piperidine rings is 1. The highest BCUT2D eigenvalue weighted by atomic mass is 16.5. The van der Waals surface area contributed by atoms with E-state index in [2.05, 4.69) is 50.4 Å². The van der Waals surface area contributed by atoms with Crippen molar-refractivity contribution in [1.82, 2.24) is 5.32 Å². The normalized spacial score (nSPS) is 27.7. The predicted octanol–water partition coefficient (Wildman–Crippen LogP) is 3.36. The molecule has 2 rings (SSSR count). The second-order valence-corrected chi connectivity index (χ2v) is 6.24. The predicted molar refractivity (Wildman–Crippen MR) is 80.6 cm³/mol. The van der Waals surface area contributed by atoms with Crippen molar-refractivity contribution in [3.8, 4) is 0 Å². The average Bonchev–Trinajstić information content (AvgIpc) is 2.39. The summed E-state index contributed by atoms with van der Waals surface area (Å²) in [6.07, 6.45) is 1.19. The number of ether oxygens (including phenoxy) is 1. The van der Waals surface area contributed by atoms with Gasteiger partial charge in [-0.3, -0.25) is 0 Å². The van der Waals surface area contributed by atoms with Crippen LogP contribution in [-0.4, -0.2) is 26.8 Å². The summed E-state index contributed by atoms with van der Waals surface area (Å²) < 4.78 is 5.60. The fourth-order valence-electron chi connectivity index (χ4n) is 3.58. The number of hydrogen-bond acceptors (Lipinski definition) is 2. The molecule has 1 aromatic rings. The van der Waals surface area contributed by atoms with E-state index < -0.39 is 0 Å². The van der Waals surface area contributed by atoms with Crippen LogP contribution in [0.2, 0.25) is 0 Å². The van der Waals surface area contributed by atoms with Gasteiger partial charge in [0.15, 0.2) is 0 Å². The van der Waals surface area contributed by atoms with Crippen molar-refractivity contribution < 1.29 is 4.74 Å². The molecule has 0 bridgehead atoms. The van der Waals surface area contributed by atoms with Crippen molar-refractivity contribution >= 4 is 0 Å². The zero-order valence-corrected chi connectivity index (χ0v) is 12.7. The molecule has 1 aliphatic rings. The number of nitrogens with one attached hydrogen (secondary N) is 1. The van der Waals surface area contributed by atoms with E-state index in [9.17, 15) is 0 Å². The van der Waals surface area contributed by atoms with E-state index in [1.807, 2.05) is 7.11 Å². The summed E-state index contributed by atoms with van der Waals surface area (Å²) in [5.74, 6) is 1.17. The van der Waals surface area contributed by atoms with Gasteiger partial charge in [0.2, 0.25) is 0 Å². The molecule has 1 aromatic carbocycles. The number of rotatable bonds is 4. The summed E-state index contributed by atoms with van der Waals surface area (Å²) >= 11 is 0. The molecule has 0 saturated carbocycles. The van der Waals surface area contributed by atoms with E-state index in [0.29, 0.717) is 11.8 Å². The molecule has 0 aromatic heterocycles. The Morgan fingerprint density at radius 2 is 2.21 bits per heavy atom. The summed E-state index contributed by atoms with van der Waals surface area (Å²) in [4.78, 5) is 0. The number of benzene rings is 1. The zero-order valence-electron chi connectivity index (χ0n) is 12.7. The first kappa shape index (κ1) is 14.5. The molecule has 2 nitrogen and oxygen atoms in total. The average molecular weight is 261 g/mol. The Kier molecular flexibility index (Phi) is 4.64. The Bertz CT molecular complexity index is 411. The molecular formula is C17H27NO. The van der Waals surface area contributed by atoms with Crippen LogP contribution in [0, 0.1) is 18.3 Å². The Morgan fingerprint density at radius 1 is 1.42 bits per heavy atom. The standard InChI is InChI=1S/C17H27NO/c1-13(2)17(12-19-4)8-9-18-11-16(17)15-7-5-6-14(3)10-15/h5-7,10,13,16,18H,8-9,11-12H2,1-4H3. The molecule has 1 heterocycles. The van der Waals surface area contributed by atoms with Crippen molar-refractivity contribution in [2.75, 3.05) is 26.8 Å². The lowest BCUT2D eigenvalue weighted by molar-refractivity contribution is -0.0000148. The van der Waals surface area contributed by atoms with Crippen LogP contribution in [0.5, 0.6) is 0 Å². The van der Waals surface area contributed by atoms with Crippen molar-refractivity contribution in [2.24, 2.45) is 11.3 Å². The van der Waals surface area contributed by atoms with Crippen LogP contribution >= 0.6 is 0 Å². The maximum atomic E-state index is 5.60. The zero-order chi connectivity index (χ0) is 13.9. The van der Waals surface area contributed by atoms with Crippen molar-refractivity contribution in [3.05, 3.63) is 35.4 Å². The quantitative estimate of drug-likeness (QED) is 0.897. The molecule has 1 aliphatic heterocycles. The summed E-state index contributed by atoms with van der Waals surface area (Å²) in [6, 6.07) is 8.96. The maximum Gasteiger partial charge on any atom is 0.0527 e. The molecule has 1 saturated heterocycles. The molecule has 2 atom stereocenters. The van der Waals surface area contributed by atoms with Gasteiger partial charge in [0.05, 0.1) is 6.61 Å². The molecule has 2 heteroatoms. The molecule has 106 valence electrons. The summed E-state index contributed by atoms with van der Waals surface area (Å²) in [7, 11) is 1.83. The molecule has 19 heavy (non-hydrogen) atoms. The molecule has 1 N–H and O–H groups in total. The first-order valence-electron chi connectivity index (χ1n) is 7.36. The fraction of sp³-hybridized carbons (Fsp3) is 0.647. The second-order valence-electron chi connectivity index (χ2n) is 6.24. The van der Waals surface area contributed by atoms with Gasteiger partial charge in [-0.25, -0.2) is 0 Å². The summed E-state index contributed by atoms with van der Waals surface area (Å²) in [6.45, 7) is 9.87. The molecule has 0 radical (unpaired) electrons. The molecule has 0 amide bonds. The summed E-state index contributed by atoms with van der Waals surface area (Å²) in [5, 5.41) is 3.57. The lowest BCUT2D eigenvalue weighted by Gasteiger charge is -2.47. The van der Waals surface area contributed by atoms with E-state index >= 15 is 0 Å². The Balaban J connectivity index is 2.38. The van der Waals surface area contributed by atoms with Crippen LogP contribution in [0.15, 0.2) is 24.3 Å². The Labute approximate surface area is 117 Å². The summed E-state index contributed by atoms with van der Waals surface area (Å²) in [5.41, 5.74) is 3.06. The molecular weight excluding hydrogens is 234 g/mol. The minimum atomic E-state index is 0.258. The lowest BCUT2D eigenvalue weighted by atomic mass is 9.62. The second kappa shape index (κ2) is 6.06. The number of hydrogen-bond donors (Lipinski definition) is 1. The lowest BCUT2D eigenvalue weighted by Crippen LogP contribution is -2.49. The molecule has 1 fully saturated rings. The van der Waals surface area contributed by atoms with E-state index in [-0.39, 0.29) is 5.41 Å². The highest BCUT2D eigenvalue weighted by Crippen LogP contribution is 2.46. The maximum absolute atomic E-state index is 5.60. The number of methoxy groups -OCH3 is 1. The highest BCUT2D eigenvalue weighted by molar-refractivity contribution is 5.28. The largest absolute Gasteiger partial charge is 0.384 e. The van der Waals surface area contributed by atoms with Gasteiger partial charge in [-0.05, 0) is 31.4 Å². The van der Waals surface area contributed by atoms with E-state index in [1.165, 1.54) is 17.5 Å². The SMILES string of the molecule is COCC1(C(C)C)CCNCC1c1cccc(C)c1. The minimum absolute atomic E-state index is 0.258. The van der Waals surface area contributed by atoms with Gasteiger partial charge in [-0.1, -0.05) is 43.7 Å². The van der Waals surface area contributed by atoms with Gasteiger partial charge in [-0.2, -0.15) is 0 Å². The highest BCUT2D eigenvalue weighted by Gasteiger charge is 2.43. The van der Waals surface area contributed by atoms with E-state index in [1.54, 1.807) is 0 Å². The third-order valence-electron chi connectivity index (χ3n) is 4.82. The smallest absolute Gasteiger partial charge is 0.0527 e. The Hall–Kier alpha value is -0.860. The first-order valence-corrected chi connectivity index (χ1v) is 7.36. The third-order valence-corrected chi connectivity index (χ3v) is 4.82. The van der Waals surface area contributed by atoms with Crippen LogP contribution in [0.1, 0.15) is 37.3 Å². The van der Waals surface area contributed by atoms with Crippen LogP contribution < -0.4 is 5.32 Å². The van der Waals surface area contributed by atoms with Crippen LogP contribution in [0.3, 0.4) is 0 Å². The van der Waals surface area contributed by atoms with Crippen molar-refractivity contribution in [3.63, 3.8) is 0 Å². The Morgan fingerprint density at radius 3 is 2.84 bits per heavy atom. The topological polar surface area (TPSA) is 21.3 Å². The van der Waals surface area contributed by atoms with E-state index in [4.69, 9.17) is 4.74 Å². The third kappa shape index (κ3) is 2.85. The van der Waals surface area contributed by atoms with Crippen LogP contribution in [0.25, 0.3) is 0 Å². The molecule has 0 aliphatic carbocycles. The van der Waals surface area contributed by atoms with Gasteiger partial charge in [0.25, 0.3) is 0 Å². The first-order chi connectivity index (χ1) is 9.10. The van der Waals surface area contributed by atoms with Crippen molar-refractivity contribution in [1.29, 1.82) is 0 Å². The molecule has 2 unspecified atom stereocenters. The van der Waals surface area contributed by atoms with Crippen molar-refractivity contribution in [2.45, 2.75) is 33.1 Å².